The maximum atomic E-state index is 5.05. The smallest absolute Gasteiger partial charge is 0.218 e. The molecular weight excluding hydrogens is 228 g/mol. The average molecular weight is 244 g/mol. The van der Waals surface area contributed by atoms with Gasteiger partial charge < -0.3 is 10.1 Å². The molecule has 0 fully saturated rings. The van der Waals surface area contributed by atoms with Crippen LogP contribution in [0.15, 0.2) is 30.7 Å². The molecule has 0 saturated heterocycles. The first-order valence-electron chi connectivity index (χ1n) is 5.86. The van der Waals surface area contributed by atoms with E-state index in [1.54, 1.807) is 19.4 Å². The summed E-state index contributed by atoms with van der Waals surface area (Å²) >= 11 is 0. The van der Waals surface area contributed by atoms with Gasteiger partial charge in [-0.3, -0.25) is 4.98 Å². The molecule has 18 heavy (non-hydrogen) atoms. The van der Waals surface area contributed by atoms with Crippen molar-refractivity contribution in [2.75, 3.05) is 12.4 Å². The predicted octanol–water partition coefficient (Wildman–Crippen LogP) is 2.05. The lowest BCUT2D eigenvalue weighted by Gasteiger charge is -2.08. The number of pyridine rings is 1. The van der Waals surface area contributed by atoms with Crippen molar-refractivity contribution in [2.45, 2.75) is 19.9 Å². The number of rotatable bonds is 5. The van der Waals surface area contributed by atoms with E-state index < -0.39 is 0 Å². The van der Waals surface area contributed by atoms with Crippen LogP contribution in [-0.4, -0.2) is 22.1 Å². The molecule has 2 rings (SSSR count). The van der Waals surface area contributed by atoms with Gasteiger partial charge in [0, 0.05) is 12.3 Å². The predicted molar refractivity (Wildman–Crippen MR) is 69.5 cm³/mol. The molecule has 0 bridgehead atoms. The molecule has 0 aliphatic carbocycles. The fraction of sp³-hybridized carbons (Fsp3) is 0.308. The van der Waals surface area contributed by atoms with E-state index in [1.807, 2.05) is 6.07 Å². The van der Waals surface area contributed by atoms with Crippen molar-refractivity contribution < 1.29 is 4.74 Å². The molecule has 0 aromatic carbocycles. The highest BCUT2D eigenvalue weighted by Crippen LogP contribution is 2.12. The van der Waals surface area contributed by atoms with E-state index in [0.29, 0.717) is 12.4 Å². The molecular formula is C13H16N4O. The fourth-order valence-corrected chi connectivity index (χ4v) is 1.67. The third-order valence-corrected chi connectivity index (χ3v) is 2.65. The molecule has 0 aliphatic rings. The van der Waals surface area contributed by atoms with E-state index in [0.717, 1.165) is 17.9 Å². The lowest BCUT2D eigenvalue weighted by atomic mass is 10.1. The third-order valence-electron chi connectivity index (χ3n) is 2.65. The number of anilines is 1. The van der Waals surface area contributed by atoms with Crippen LogP contribution in [0, 0.1) is 0 Å². The molecule has 0 radical (unpaired) electrons. The van der Waals surface area contributed by atoms with Gasteiger partial charge in [0.15, 0.2) is 0 Å². The zero-order chi connectivity index (χ0) is 12.8. The van der Waals surface area contributed by atoms with Gasteiger partial charge in [-0.05, 0) is 18.1 Å². The van der Waals surface area contributed by atoms with Gasteiger partial charge in [0.05, 0.1) is 19.3 Å². The number of nitrogens with one attached hydrogen (secondary N) is 1. The Bertz CT molecular complexity index is 516. The van der Waals surface area contributed by atoms with Gasteiger partial charge in [-0.1, -0.05) is 13.0 Å². The highest BCUT2D eigenvalue weighted by molar-refractivity contribution is 5.38. The van der Waals surface area contributed by atoms with Crippen LogP contribution in [0.2, 0.25) is 0 Å². The lowest BCUT2D eigenvalue weighted by molar-refractivity contribution is 0.397. The SMILES string of the molecule is CCc1cccnc1CNc1cc(OC)ncn1. The standard InChI is InChI=1S/C13H16N4O/c1-3-10-5-4-6-14-11(10)8-15-12-7-13(18-2)17-9-16-12/h4-7,9H,3,8H2,1-2H3,(H,15,16,17). The van der Waals surface area contributed by atoms with Crippen LogP contribution in [0.5, 0.6) is 5.88 Å². The first-order valence-corrected chi connectivity index (χ1v) is 5.86. The summed E-state index contributed by atoms with van der Waals surface area (Å²) in [5.74, 6) is 1.28. The summed E-state index contributed by atoms with van der Waals surface area (Å²) < 4.78 is 5.05. The van der Waals surface area contributed by atoms with Crippen molar-refractivity contribution in [1.29, 1.82) is 0 Å². The number of methoxy groups -OCH3 is 1. The van der Waals surface area contributed by atoms with Gasteiger partial charge in [0.25, 0.3) is 0 Å². The van der Waals surface area contributed by atoms with Crippen LogP contribution >= 0.6 is 0 Å². The third kappa shape index (κ3) is 2.94. The van der Waals surface area contributed by atoms with Crippen molar-refractivity contribution >= 4 is 5.82 Å². The van der Waals surface area contributed by atoms with Crippen LogP contribution in [0.3, 0.4) is 0 Å². The Morgan fingerprint density at radius 2 is 2.17 bits per heavy atom. The van der Waals surface area contributed by atoms with E-state index >= 15 is 0 Å². The molecule has 0 saturated carbocycles. The number of aromatic nitrogens is 3. The van der Waals surface area contributed by atoms with E-state index in [4.69, 9.17) is 4.74 Å². The van der Waals surface area contributed by atoms with Gasteiger partial charge in [0.2, 0.25) is 5.88 Å². The summed E-state index contributed by atoms with van der Waals surface area (Å²) in [6.07, 6.45) is 4.25. The first kappa shape index (κ1) is 12.3. The maximum Gasteiger partial charge on any atom is 0.218 e. The zero-order valence-corrected chi connectivity index (χ0v) is 10.6. The topological polar surface area (TPSA) is 59.9 Å². The average Bonchev–Trinajstić information content (AvgIpc) is 2.45. The summed E-state index contributed by atoms with van der Waals surface area (Å²) in [5.41, 5.74) is 2.28. The van der Waals surface area contributed by atoms with Gasteiger partial charge >= 0.3 is 0 Å². The molecule has 0 spiro atoms. The van der Waals surface area contributed by atoms with Crippen LogP contribution in [-0.2, 0) is 13.0 Å². The van der Waals surface area contributed by atoms with Crippen molar-refractivity contribution in [3.63, 3.8) is 0 Å². The Kier molecular flexibility index (Phi) is 4.06. The fourth-order valence-electron chi connectivity index (χ4n) is 1.67. The van der Waals surface area contributed by atoms with Gasteiger partial charge in [-0.2, -0.15) is 0 Å². The van der Waals surface area contributed by atoms with E-state index in [-0.39, 0.29) is 0 Å². The van der Waals surface area contributed by atoms with Crippen molar-refractivity contribution in [2.24, 2.45) is 0 Å². The second kappa shape index (κ2) is 5.95. The minimum Gasteiger partial charge on any atom is -0.481 e. The molecule has 1 N–H and O–H groups in total. The Morgan fingerprint density at radius 1 is 1.28 bits per heavy atom. The number of aryl methyl sites for hydroxylation is 1. The summed E-state index contributed by atoms with van der Waals surface area (Å²) in [6.45, 7) is 2.76. The van der Waals surface area contributed by atoms with E-state index in [1.165, 1.54) is 11.9 Å². The first-order chi connectivity index (χ1) is 8.83. The highest BCUT2D eigenvalue weighted by atomic mass is 16.5. The summed E-state index contributed by atoms with van der Waals surface area (Å²) in [4.78, 5) is 12.5. The van der Waals surface area contributed by atoms with Crippen LogP contribution < -0.4 is 10.1 Å². The Labute approximate surface area is 106 Å². The number of nitrogens with zero attached hydrogens (tertiary/aromatic N) is 3. The molecule has 5 nitrogen and oxygen atoms in total. The zero-order valence-electron chi connectivity index (χ0n) is 10.6. The lowest BCUT2D eigenvalue weighted by Crippen LogP contribution is -2.06. The van der Waals surface area contributed by atoms with E-state index in [9.17, 15) is 0 Å². The molecule has 2 aromatic rings. The minimum atomic E-state index is 0.546. The largest absolute Gasteiger partial charge is 0.481 e. The van der Waals surface area contributed by atoms with Gasteiger partial charge in [0.1, 0.15) is 12.1 Å². The minimum absolute atomic E-state index is 0.546. The van der Waals surface area contributed by atoms with Crippen molar-refractivity contribution in [3.8, 4) is 5.88 Å². The molecule has 0 aliphatic heterocycles. The van der Waals surface area contributed by atoms with E-state index in [2.05, 4.69) is 33.3 Å². The maximum absolute atomic E-state index is 5.05. The summed E-state index contributed by atoms with van der Waals surface area (Å²) in [5, 5.41) is 3.22. The van der Waals surface area contributed by atoms with Crippen LogP contribution in [0.1, 0.15) is 18.2 Å². The summed E-state index contributed by atoms with van der Waals surface area (Å²) in [6, 6.07) is 5.80. The summed E-state index contributed by atoms with van der Waals surface area (Å²) in [7, 11) is 1.58. The van der Waals surface area contributed by atoms with Crippen LogP contribution in [0.4, 0.5) is 5.82 Å². The van der Waals surface area contributed by atoms with Gasteiger partial charge in [-0.25, -0.2) is 9.97 Å². The van der Waals surface area contributed by atoms with Crippen molar-refractivity contribution in [1.82, 2.24) is 15.0 Å². The Hall–Kier alpha value is -2.17. The molecule has 0 atom stereocenters. The second-order valence-corrected chi connectivity index (χ2v) is 3.76. The highest BCUT2D eigenvalue weighted by Gasteiger charge is 2.02. The molecule has 2 heterocycles. The normalized spacial score (nSPS) is 10.1. The molecule has 0 unspecified atom stereocenters. The van der Waals surface area contributed by atoms with Gasteiger partial charge in [-0.15, -0.1) is 0 Å². The Morgan fingerprint density at radius 3 is 2.94 bits per heavy atom. The molecule has 5 heteroatoms. The van der Waals surface area contributed by atoms with Crippen molar-refractivity contribution in [3.05, 3.63) is 42.0 Å². The van der Waals surface area contributed by atoms with Crippen LogP contribution in [0.25, 0.3) is 0 Å². The quantitative estimate of drug-likeness (QED) is 0.872. The number of hydrogen-bond donors (Lipinski definition) is 1. The monoisotopic (exact) mass is 244 g/mol. The molecule has 0 amide bonds. The number of hydrogen-bond acceptors (Lipinski definition) is 5. The second-order valence-electron chi connectivity index (χ2n) is 3.76. The molecule has 2 aromatic heterocycles. The molecule has 94 valence electrons. The number of ether oxygens (including phenoxy) is 1. The Balaban J connectivity index is 2.06.